The minimum Gasteiger partial charge on any atom is -0.504 e. The number of benzene rings is 4. The van der Waals surface area contributed by atoms with Crippen molar-refractivity contribution < 1.29 is 29.0 Å². The first-order valence-corrected chi connectivity index (χ1v) is 18.4. The topological polar surface area (TPSA) is 104 Å². The van der Waals surface area contributed by atoms with Gasteiger partial charge in [-0.3, -0.25) is 24.1 Å². The highest BCUT2D eigenvalue weighted by molar-refractivity contribution is 14.1. The maximum absolute atomic E-state index is 15.4. The Bertz CT molecular complexity index is 2140. The summed E-state index contributed by atoms with van der Waals surface area (Å²) in [6.45, 7) is 0. The number of imide groups is 2. The second-order valence-corrected chi connectivity index (χ2v) is 15.6. The SMILES string of the molecule is COc1cc(C2C3=CCC4C(=O)N(c5ccc(Br)cc5)C(=O)C4C3CC3C(=O)N(c4cccc(Cl)c4)C(=O)C32c2ccccc2)cc(I)c1O. The minimum absolute atomic E-state index is 0.0386. The number of hydrogen-bond donors (Lipinski definition) is 1. The number of fused-ring (bicyclic) bond motifs is 4. The van der Waals surface area contributed by atoms with Crippen LogP contribution in [0.2, 0.25) is 5.02 Å². The fraction of sp³-hybridized carbons (Fsp3) is 0.231. The van der Waals surface area contributed by atoms with Crippen molar-refractivity contribution in [3.8, 4) is 11.5 Å². The predicted octanol–water partition coefficient (Wildman–Crippen LogP) is 7.79. The standard InChI is InChI=1S/C39H29BrClIN2O6/c1-50-31-17-20(16-30(42)34(31)45)33-26-14-15-27-32(37(48)43(35(27)46)24-12-10-22(40)11-13-24)28(26)19-29-36(47)44(25-9-5-8-23(41)18-25)38(49)39(29,33)21-6-3-2-4-7-21/h2-14,16-18,27-29,32-33,45H,15,19H2,1H3. The molecule has 4 aliphatic rings. The monoisotopic (exact) mass is 862 g/mol. The van der Waals surface area contributed by atoms with Gasteiger partial charge in [-0.2, -0.15) is 0 Å². The number of methoxy groups -OCH3 is 1. The van der Waals surface area contributed by atoms with Gasteiger partial charge in [0, 0.05) is 15.4 Å². The average Bonchev–Trinajstić information content (AvgIpc) is 3.50. The molecule has 0 aromatic heterocycles. The van der Waals surface area contributed by atoms with Crippen LogP contribution in [0.3, 0.4) is 0 Å². The van der Waals surface area contributed by atoms with Gasteiger partial charge in [-0.25, -0.2) is 4.90 Å². The highest BCUT2D eigenvalue weighted by Gasteiger charge is 2.70. The molecule has 252 valence electrons. The summed E-state index contributed by atoms with van der Waals surface area (Å²) in [6.07, 6.45) is 2.49. The number of halogens is 3. The molecule has 2 aliphatic heterocycles. The van der Waals surface area contributed by atoms with E-state index in [1.54, 1.807) is 54.6 Å². The lowest BCUT2D eigenvalue weighted by Crippen LogP contribution is -2.53. The van der Waals surface area contributed by atoms with E-state index in [9.17, 15) is 19.5 Å². The Morgan fingerprint density at radius 3 is 2.30 bits per heavy atom. The number of nitrogens with zero attached hydrogens (tertiary/aromatic N) is 2. The molecule has 4 aromatic rings. The molecule has 0 bridgehead atoms. The first kappa shape index (κ1) is 33.2. The third-order valence-electron chi connectivity index (χ3n) is 10.9. The van der Waals surface area contributed by atoms with E-state index in [1.165, 1.54) is 16.9 Å². The lowest BCUT2D eigenvalue weighted by atomic mass is 9.49. The van der Waals surface area contributed by atoms with Crippen LogP contribution in [-0.4, -0.2) is 35.8 Å². The molecular formula is C39H29BrClIN2O6. The van der Waals surface area contributed by atoms with Crippen molar-refractivity contribution in [3.05, 3.63) is 127 Å². The largest absolute Gasteiger partial charge is 0.504 e. The number of carbonyl (C=O) groups is 4. The van der Waals surface area contributed by atoms with Crippen molar-refractivity contribution >= 4 is 85.1 Å². The molecule has 2 saturated heterocycles. The first-order valence-electron chi connectivity index (χ1n) is 16.2. The number of allylic oxidation sites excluding steroid dienone is 2. The molecule has 0 radical (unpaired) electrons. The van der Waals surface area contributed by atoms with Gasteiger partial charge in [-0.05, 0) is 107 Å². The molecule has 4 aromatic carbocycles. The zero-order chi connectivity index (χ0) is 35.1. The van der Waals surface area contributed by atoms with Crippen LogP contribution >= 0.6 is 50.1 Å². The number of carbonyl (C=O) groups excluding carboxylic acids is 4. The molecule has 50 heavy (non-hydrogen) atoms. The third-order valence-corrected chi connectivity index (χ3v) is 12.4. The molecule has 1 saturated carbocycles. The number of ether oxygens (including phenoxy) is 1. The number of aromatic hydroxyl groups is 1. The number of rotatable bonds is 5. The summed E-state index contributed by atoms with van der Waals surface area (Å²) in [5, 5.41) is 11.3. The van der Waals surface area contributed by atoms with Crippen LogP contribution in [-0.2, 0) is 24.6 Å². The smallest absolute Gasteiger partial charge is 0.246 e. The summed E-state index contributed by atoms with van der Waals surface area (Å²) in [6, 6.07) is 26.6. The molecule has 3 fully saturated rings. The molecule has 8 nitrogen and oxygen atoms in total. The van der Waals surface area contributed by atoms with Crippen molar-refractivity contribution in [1.29, 1.82) is 0 Å². The maximum Gasteiger partial charge on any atom is 0.246 e. The van der Waals surface area contributed by atoms with Gasteiger partial charge < -0.3 is 9.84 Å². The number of anilines is 2. The second kappa shape index (κ2) is 12.3. The summed E-state index contributed by atoms with van der Waals surface area (Å²) in [4.78, 5) is 61.3. The molecular weight excluding hydrogens is 835 g/mol. The molecule has 4 amide bonds. The fourth-order valence-electron chi connectivity index (χ4n) is 8.88. The Hall–Kier alpha value is -4.00. The molecule has 2 heterocycles. The Morgan fingerprint density at radius 1 is 0.860 bits per heavy atom. The van der Waals surface area contributed by atoms with Gasteiger partial charge in [0.15, 0.2) is 11.5 Å². The first-order chi connectivity index (χ1) is 24.1. The third kappa shape index (κ3) is 4.74. The Labute approximate surface area is 315 Å². The van der Waals surface area contributed by atoms with Gasteiger partial charge in [0.1, 0.15) is 0 Å². The summed E-state index contributed by atoms with van der Waals surface area (Å²) in [5.41, 5.74) is 1.55. The van der Waals surface area contributed by atoms with Gasteiger partial charge in [0.25, 0.3) is 0 Å². The molecule has 11 heteroatoms. The Morgan fingerprint density at radius 2 is 1.60 bits per heavy atom. The molecule has 0 spiro atoms. The van der Waals surface area contributed by atoms with E-state index in [2.05, 4.69) is 15.9 Å². The van der Waals surface area contributed by atoms with Crippen molar-refractivity contribution in [2.45, 2.75) is 24.2 Å². The lowest BCUT2D eigenvalue weighted by Gasteiger charge is -2.50. The normalized spacial score (nSPS) is 27.2. The average molecular weight is 864 g/mol. The van der Waals surface area contributed by atoms with Crippen molar-refractivity contribution in [2.24, 2.45) is 23.7 Å². The van der Waals surface area contributed by atoms with E-state index in [4.69, 9.17) is 16.3 Å². The van der Waals surface area contributed by atoms with Crippen LogP contribution in [0.5, 0.6) is 11.5 Å². The van der Waals surface area contributed by atoms with Crippen molar-refractivity contribution in [3.63, 3.8) is 0 Å². The Kier molecular flexibility index (Phi) is 8.19. The number of phenolic OH excluding ortho intramolecular Hbond substituents is 1. The van der Waals surface area contributed by atoms with Gasteiger partial charge >= 0.3 is 0 Å². The molecule has 6 atom stereocenters. The van der Waals surface area contributed by atoms with Crippen LogP contribution in [0.25, 0.3) is 0 Å². The Balaban J connectivity index is 1.37. The molecule has 2 aliphatic carbocycles. The van der Waals surface area contributed by atoms with Crippen molar-refractivity contribution in [1.82, 2.24) is 0 Å². The highest BCUT2D eigenvalue weighted by atomic mass is 127. The summed E-state index contributed by atoms with van der Waals surface area (Å²) in [7, 11) is 1.46. The van der Waals surface area contributed by atoms with E-state index in [1.807, 2.05) is 65.1 Å². The van der Waals surface area contributed by atoms with Gasteiger partial charge in [0.2, 0.25) is 23.6 Å². The number of amides is 4. The maximum atomic E-state index is 15.4. The fourth-order valence-corrected chi connectivity index (χ4v) is 9.95. The zero-order valence-corrected chi connectivity index (χ0v) is 31.1. The van der Waals surface area contributed by atoms with E-state index < -0.39 is 46.8 Å². The van der Waals surface area contributed by atoms with E-state index in [-0.39, 0.29) is 29.7 Å². The van der Waals surface area contributed by atoms with E-state index in [0.717, 1.165) is 10.0 Å². The minimum atomic E-state index is -1.43. The molecule has 6 unspecified atom stereocenters. The lowest BCUT2D eigenvalue weighted by molar-refractivity contribution is -0.127. The van der Waals surface area contributed by atoms with E-state index in [0.29, 0.717) is 37.5 Å². The summed E-state index contributed by atoms with van der Waals surface area (Å²) >= 11 is 11.9. The van der Waals surface area contributed by atoms with Gasteiger partial charge in [-0.15, -0.1) is 0 Å². The van der Waals surface area contributed by atoms with Crippen LogP contribution in [0.4, 0.5) is 11.4 Å². The summed E-state index contributed by atoms with van der Waals surface area (Å²) < 4.78 is 6.93. The van der Waals surface area contributed by atoms with Gasteiger partial charge in [-0.1, -0.05) is 75.6 Å². The van der Waals surface area contributed by atoms with Crippen LogP contribution in [0.15, 0.2) is 107 Å². The molecule has 8 rings (SSSR count). The summed E-state index contributed by atoms with van der Waals surface area (Å²) in [5.74, 6) is -4.72. The van der Waals surface area contributed by atoms with E-state index >= 15 is 4.79 Å². The zero-order valence-electron chi connectivity index (χ0n) is 26.6. The number of hydrogen-bond acceptors (Lipinski definition) is 6. The van der Waals surface area contributed by atoms with Crippen molar-refractivity contribution in [2.75, 3.05) is 16.9 Å². The molecule has 1 N–H and O–H groups in total. The van der Waals surface area contributed by atoms with Crippen LogP contribution < -0.4 is 14.5 Å². The second-order valence-electron chi connectivity index (χ2n) is 13.1. The number of phenols is 1. The quantitative estimate of drug-likeness (QED) is 0.125. The predicted molar refractivity (Wildman–Crippen MR) is 200 cm³/mol. The van der Waals surface area contributed by atoms with Gasteiger partial charge in [0.05, 0.1) is 45.2 Å². The van der Waals surface area contributed by atoms with Crippen LogP contribution in [0, 0.1) is 27.2 Å². The van der Waals surface area contributed by atoms with Crippen LogP contribution in [0.1, 0.15) is 29.9 Å². The highest BCUT2D eigenvalue weighted by Crippen LogP contribution is 2.65.